The van der Waals surface area contributed by atoms with E-state index in [4.69, 9.17) is 4.74 Å². The number of carbonyl (C=O) groups excluding carboxylic acids is 2. The number of pyridine rings is 1. The van der Waals surface area contributed by atoms with Crippen LogP contribution in [-0.4, -0.2) is 78.0 Å². The van der Waals surface area contributed by atoms with Crippen molar-refractivity contribution in [1.82, 2.24) is 19.7 Å². The lowest BCUT2D eigenvalue weighted by molar-refractivity contribution is -0.116. The number of carbonyl (C=O) groups is 2. The molecule has 1 spiro atoms. The quantitative estimate of drug-likeness (QED) is 0.518. The Balaban J connectivity index is 1.28. The van der Waals surface area contributed by atoms with Crippen LogP contribution >= 0.6 is 0 Å². The molecule has 2 aromatic rings. The Morgan fingerprint density at radius 1 is 1.13 bits per heavy atom. The predicted octanol–water partition coefficient (Wildman–Crippen LogP) is 4.73. The second-order valence-electron chi connectivity index (χ2n) is 11.5. The molecule has 38 heavy (non-hydrogen) atoms. The van der Waals surface area contributed by atoms with Gasteiger partial charge in [-0.3, -0.25) is 9.69 Å². The lowest BCUT2D eigenvalue weighted by atomic mass is 9.68. The SMILES string of the molecule is COc1cc(NC(=O)CCN2CC3(CCC(c4ccccc4)(N(C)C)CC3)N(CC3CCC3)C2=O)ccn1. The highest BCUT2D eigenvalue weighted by molar-refractivity contribution is 5.91. The van der Waals surface area contributed by atoms with Gasteiger partial charge in [0.05, 0.1) is 12.6 Å². The third-order valence-electron chi connectivity index (χ3n) is 9.24. The van der Waals surface area contributed by atoms with Crippen molar-refractivity contribution in [3.8, 4) is 5.88 Å². The van der Waals surface area contributed by atoms with Gasteiger partial charge in [-0.25, -0.2) is 9.78 Å². The lowest BCUT2D eigenvalue weighted by Gasteiger charge is -2.51. The van der Waals surface area contributed by atoms with E-state index in [0.29, 0.717) is 30.6 Å². The summed E-state index contributed by atoms with van der Waals surface area (Å²) in [4.78, 5) is 37.1. The number of amides is 3. The number of hydrogen-bond acceptors (Lipinski definition) is 5. The predicted molar refractivity (Wildman–Crippen MR) is 148 cm³/mol. The molecule has 0 atom stereocenters. The summed E-state index contributed by atoms with van der Waals surface area (Å²) < 4.78 is 5.15. The van der Waals surface area contributed by atoms with E-state index in [-0.39, 0.29) is 29.4 Å². The van der Waals surface area contributed by atoms with Crippen LogP contribution in [0.15, 0.2) is 48.7 Å². The second kappa shape index (κ2) is 10.9. The molecule has 3 amide bonds. The minimum absolute atomic E-state index is 0.0173. The first-order valence-electron chi connectivity index (χ1n) is 13.9. The van der Waals surface area contributed by atoms with E-state index in [1.165, 1.54) is 24.8 Å². The molecule has 1 aliphatic heterocycles. The Bertz CT molecular complexity index is 1130. The van der Waals surface area contributed by atoms with Crippen molar-refractivity contribution in [3.63, 3.8) is 0 Å². The molecule has 1 saturated heterocycles. The molecule has 8 nitrogen and oxygen atoms in total. The molecule has 1 aromatic heterocycles. The fourth-order valence-electron chi connectivity index (χ4n) is 6.62. The van der Waals surface area contributed by atoms with Crippen molar-refractivity contribution in [2.24, 2.45) is 5.92 Å². The summed E-state index contributed by atoms with van der Waals surface area (Å²) >= 11 is 0. The molecule has 0 bridgehead atoms. The van der Waals surface area contributed by atoms with Gasteiger partial charge in [-0.15, -0.1) is 0 Å². The normalized spacial score (nSPS) is 25.6. The topological polar surface area (TPSA) is 78.0 Å². The number of rotatable bonds is 9. The number of benzene rings is 1. The summed E-state index contributed by atoms with van der Waals surface area (Å²) in [5.41, 5.74) is 1.83. The van der Waals surface area contributed by atoms with Crippen LogP contribution in [0.25, 0.3) is 0 Å². The van der Waals surface area contributed by atoms with Gasteiger partial charge in [0, 0.05) is 49.5 Å². The Morgan fingerprint density at radius 2 is 1.87 bits per heavy atom. The molecule has 0 unspecified atom stereocenters. The van der Waals surface area contributed by atoms with Crippen LogP contribution in [0.5, 0.6) is 5.88 Å². The van der Waals surface area contributed by atoms with Gasteiger partial charge in [0.1, 0.15) is 0 Å². The fraction of sp³-hybridized carbons (Fsp3) is 0.567. The van der Waals surface area contributed by atoms with Crippen LogP contribution in [-0.2, 0) is 10.3 Å². The molecular weight excluding hydrogens is 478 g/mol. The molecule has 1 N–H and O–H groups in total. The number of nitrogens with one attached hydrogen (secondary N) is 1. The summed E-state index contributed by atoms with van der Waals surface area (Å²) in [5, 5.41) is 2.91. The average Bonchev–Trinajstić information content (AvgIpc) is 3.16. The second-order valence-corrected chi connectivity index (χ2v) is 11.5. The van der Waals surface area contributed by atoms with Crippen molar-refractivity contribution in [1.29, 1.82) is 0 Å². The van der Waals surface area contributed by atoms with Gasteiger partial charge in [-0.1, -0.05) is 36.8 Å². The Hall–Kier alpha value is -3.13. The third-order valence-corrected chi connectivity index (χ3v) is 9.24. The number of ether oxygens (including phenoxy) is 1. The van der Waals surface area contributed by atoms with Crippen molar-refractivity contribution < 1.29 is 14.3 Å². The zero-order valence-electron chi connectivity index (χ0n) is 23.0. The number of anilines is 1. The van der Waals surface area contributed by atoms with Gasteiger partial charge < -0.3 is 19.9 Å². The van der Waals surface area contributed by atoms with Gasteiger partial charge in [0.25, 0.3) is 0 Å². The van der Waals surface area contributed by atoms with Gasteiger partial charge in [-0.2, -0.15) is 0 Å². The van der Waals surface area contributed by atoms with Crippen molar-refractivity contribution >= 4 is 17.6 Å². The van der Waals surface area contributed by atoms with Crippen LogP contribution in [0.4, 0.5) is 10.5 Å². The molecule has 2 aliphatic carbocycles. The van der Waals surface area contributed by atoms with E-state index < -0.39 is 0 Å². The van der Waals surface area contributed by atoms with E-state index in [1.54, 1.807) is 25.4 Å². The Labute approximate surface area is 226 Å². The summed E-state index contributed by atoms with van der Waals surface area (Å²) in [6.45, 7) is 1.97. The number of aromatic nitrogens is 1. The van der Waals surface area contributed by atoms with Gasteiger partial charge >= 0.3 is 6.03 Å². The van der Waals surface area contributed by atoms with Gasteiger partial charge in [0.2, 0.25) is 11.8 Å². The van der Waals surface area contributed by atoms with Crippen LogP contribution in [0.2, 0.25) is 0 Å². The highest BCUT2D eigenvalue weighted by Crippen LogP contribution is 2.49. The highest BCUT2D eigenvalue weighted by atomic mass is 16.5. The first-order chi connectivity index (χ1) is 18.3. The van der Waals surface area contributed by atoms with Crippen LogP contribution in [0.3, 0.4) is 0 Å². The maximum atomic E-state index is 13.8. The first-order valence-corrected chi connectivity index (χ1v) is 13.9. The minimum Gasteiger partial charge on any atom is -0.481 e. The maximum Gasteiger partial charge on any atom is 0.320 e. The molecule has 5 rings (SSSR count). The first kappa shape index (κ1) is 26.5. The summed E-state index contributed by atoms with van der Waals surface area (Å²) in [7, 11) is 5.91. The zero-order valence-corrected chi connectivity index (χ0v) is 23.0. The zero-order chi connectivity index (χ0) is 26.8. The van der Waals surface area contributed by atoms with Gasteiger partial charge in [-0.05, 0) is 70.2 Å². The fourth-order valence-corrected chi connectivity index (χ4v) is 6.62. The molecule has 3 fully saturated rings. The molecule has 0 radical (unpaired) electrons. The Kier molecular flexibility index (Phi) is 7.61. The standard InChI is InChI=1S/C30H41N5O3/c1-33(2)30(24-10-5-4-6-11-24)16-14-29(15-17-30)22-34(28(37)35(29)21-23-8-7-9-23)19-13-26(36)32-25-12-18-31-27(20-25)38-3/h4-6,10-12,18,20,23H,7-9,13-17,19,21-22H2,1-3H3,(H,31,32,36). The molecule has 8 heteroatoms. The number of nitrogens with zero attached hydrogens (tertiary/aromatic N) is 4. The van der Waals surface area contributed by atoms with E-state index in [1.807, 2.05) is 4.90 Å². The summed E-state index contributed by atoms with van der Waals surface area (Å²) in [6.07, 6.45) is 9.51. The molecule has 3 aliphatic rings. The van der Waals surface area contributed by atoms with Crippen LogP contribution in [0.1, 0.15) is 56.9 Å². The molecule has 2 saturated carbocycles. The number of hydrogen-bond donors (Lipinski definition) is 1. The van der Waals surface area contributed by atoms with Crippen molar-refractivity contribution in [3.05, 3.63) is 54.2 Å². The van der Waals surface area contributed by atoms with Crippen molar-refractivity contribution in [2.45, 2.75) is 62.4 Å². The lowest BCUT2D eigenvalue weighted by Crippen LogP contribution is -2.56. The molecule has 2 heterocycles. The van der Waals surface area contributed by atoms with Crippen LogP contribution < -0.4 is 10.1 Å². The van der Waals surface area contributed by atoms with E-state index in [0.717, 1.165) is 32.2 Å². The van der Waals surface area contributed by atoms with Crippen molar-refractivity contribution in [2.75, 3.05) is 46.2 Å². The minimum atomic E-state index is -0.157. The van der Waals surface area contributed by atoms with E-state index >= 15 is 0 Å². The number of methoxy groups -OCH3 is 1. The smallest absolute Gasteiger partial charge is 0.320 e. The number of urea groups is 1. The summed E-state index contributed by atoms with van der Waals surface area (Å²) in [5.74, 6) is 0.944. The van der Waals surface area contributed by atoms with E-state index in [9.17, 15) is 9.59 Å². The van der Waals surface area contributed by atoms with Gasteiger partial charge in [0.15, 0.2) is 0 Å². The molecule has 204 valence electrons. The van der Waals surface area contributed by atoms with E-state index in [2.05, 4.69) is 64.5 Å². The monoisotopic (exact) mass is 519 g/mol. The summed E-state index contributed by atoms with van der Waals surface area (Å²) in [6, 6.07) is 14.4. The largest absolute Gasteiger partial charge is 0.481 e. The molecular formula is C30H41N5O3. The Morgan fingerprint density at radius 3 is 2.50 bits per heavy atom. The maximum absolute atomic E-state index is 13.8. The third kappa shape index (κ3) is 5.10. The molecule has 1 aromatic carbocycles. The highest BCUT2D eigenvalue weighted by Gasteiger charge is 2.54. The van der Waals surface area contributed by atoms with Crippen LogP contribution in [0, 0.1) is 5.92 Å². The average molecular weight is 520 g/mol.